The van der Waals surface area contributed by atoms with Crippen molar-refractivity contribution in [2.75, 3.05) is 37.2 Å². The van der Waals surface area contributed by atoms with Crippen molar-refractivity contribution in [2.45, 2.75) is 59.0 Å². The molecule has 1 aliphatic heterocycles. The summed E-state index contributed by atoms with van der Waals surface area (Å²) in [6.45, 7) is 6.00. The molecule has 2 aromatic carbocycles. The van der Waals surface area contributed by atoms with Crippen LogP contribution >= 0.6 is 11.8 Å². The molecular weight excluding hydrogens is 634 g/mol. The van der Waals surface area contributed by atoms with Gasteiger partial charge in [0.2, 0.25) is 15.9 Å². The third-order valence-electron chi connectivity index (χ3n) is 6.13. The number of rotatable bonds is 9. The fourth-order valence-electron chi connectivity index (χ4n) is 4.04. The number of alkyl halides is 3. The molecule has 0 bridgehead atoms. The number of primary sulfonamides is 1. The van der Waals surface area contributed by atoms with Gasteiger partial charge in [-0.2, -0.15) is 13.2 Å². The molecule has 43 heavy (non-hydrogen) atoms. The number of benzene rings is 2. The van der Waals surface area contributed by atoms with E-state index in [1.807, 2.05) is 0 Å². The third kappa shape index (κ3) is 9.48. The lowest BCUT2D eigenvalue weighted by molar-refractivity contribution is -0.133. The maximum Gasteiger partial charge on any atom is 0.501 e. The summed E-state index contributed by atoms with van der Waals surface area (Å²) < 4.78 is 94.5. The maximum atomic E-state index is 13.6. The van der Waals surface area contributed by atoms with Crippen LogP contribution < -0.4 is 10.5 Å². The summed E-state index contributed by atoms with van der Waals surface area (Å²) in [5.74, 6) is -0.243. The first-order valence-corrected chi connectivity index (χ1v) is 17.0. The van der Waals surface area contributed by atoms with Gasteiger partial charge in [-0.25, -0.2) is 26.8 Å². The fraction of sp³-hybridized carbons (Fsp3) is 0.462. The number of nitrogens with two attached hydrogens (primary N) is 1. The minimum atomic E-state index is -6.01. The Hall–Kier alpha value is -3.02. The molecule has 2 aromatic rings. The number of sulfone groups is 1. The topological polar surface area (TPSA) is 156 Å². The van der Waals surface area contributed by atoms with Crippen LogP contribution in [0.2, 0.25) is 0 Å². The highest BCUT2D eigenvalue weighted by molar-refractivity contribution is 7.99. The van der Waals surface area contributed by atoms with Crippen LogP contribution in [-0.4, -0.2) is 87.7 Å². The Morgan fingerprint density at radius 2 is 1.56 bits per heavy atom. The van der Waals surface area contributed by atoms with Crippen molar-refractivity contribution in [3.63, 3.8) is 0 Å². The third-order valence-corrected chi connectivity index (χ3v) is 9.75. The lowest BCUT2D eigenvalue weighted by atomic mass is 10.1. The number of nitrogens with zero attached hydrogens (tertiary/aromatic N) is 2. The highest BCUT2D eigenvalue weighted by Crippen LogP contribution is 2.36. The Bertz CT molecular complexity index is 1520. The summed E-state index contributed by atoms with van der Waals surface area (Å²) in [5, 5.41) is 7.77. The van der Waals surface area contributed by atoms with Crippen LogP contribution in [0.3, 0.4) is 0 Å². The van der Waals surface area contributed by atoms with Crippen molar-refractivity contribution in [3.8, 4) is 0 Å². The van der Waals surface area contributed by atoms with E-state index in [0.717, 1.165) is 17.0 Å². The standard InChI is InChI=1S/C26H33F3N4O7S3/c1-25(2,3)40-24(35)33-13-11-32(12-14-33)23(34)15-18(17-41-19-7-5-4-6-8-19)31-21-10-9-20(43(30,38)39)16-22(21)42(36,37)26(27,28)29/h4-10,16,18,31H,11-15,17H2,1-3H3,(H2,30,38,39). The zero-order valence-corrected chi connectivity index (χ0v) is 26.1. The summed E-state index contributed by atoms with van der Waals surface area (Å²) in [5.41, 5.74) is -6.96. The summed E-state index contributed by atoms with van der Waals surface area (Å²) in [7, 11) is -10.6. The number of hydrogen-bond donors (Lipinski definition) is 2. The average Bonchev–Trinajstić information content (AvgIpc) is 2.90. The minimum absolute atomic E-state index is 0.135. The largest absolute Gasteiger partial charge is 0.501 e. The van der Waals surface area contributed by atoms with Gasteiger partial charge in [-0.15, -0.1) is 11.8 Å². The summed E-state index contributed by atoms with van der Waals surface area (Å²) >= 11 is 1.28. The molecule has 1 atom stereocenters. The number of amides is 2. The van der Waals surface area contributed by atoms with Crippen LogP contribution in [0.15, 0.2) is 63.2 Å². The molecule has 17 heteroatoms. The van der Waals surface area contributed by atoms with Gasteiger partial charge in [0.05, 0.1) is 10.6 Å². The first kappa shape index (κ1) is 34.5. The number of carbonyl (C=O) groups excluding carboxylic acids is 2. The fourth-order valence-corrected chi connectivity index (χ4v) is 6.54. The van der Waals surface area contributed by atoms with Crippen LogP contribution in [0.25, 0.3) is 0 Å². The number of carbonyl (C=O) groups is 2. The Labute approximate surface area is 252 Å². The summed E-state index contributed by atoms with van der Waals surface area (Å²) in [6, 6.07) is 10.2. The number of sulfonamides is 1. The molecule has 0 radical (unpaired) electrons. The van der Waals surface area contributed by atoms with Gasteiger partial charge in [0, 0.05) is 49.3 Å². The van der Waals surface area contributed by atoms with Gasteiger partial charge < -0.3 is 19.9 Å². The molecule has 1 heterocycles. The second-order valence-corrected chi connectivity index (χ2v) is 15.2. The van der Waals surface area contributed by atoms with E-state index in [1.165, 1.54) is 21.6 Å². The van der Waals surface area contributed by atoms with E-state index in [-0.39, 0.29) is 44.3 Å². The lowest BCUT2D eigenvalue weighted by Crippen LogP contribution is -2.52. The molecule has 3 N–H and O–H groups in total. The van der Waals surface area contributed by atoms with Gasteiger partial charge in [0.1, 0.15) is 10.5 Å². The van der Waals surface area contributed by atoms with Crippen molar-refractivity contribution < 1.29 is 44.3 Å². The SMILES string of the molecule is CC(C)(C)OC(=O)N1CCN(C(=O)CC(CSc2ccccc2)Nc2ccc(S(N)(=O)=O)cc2S(=O)(=O)C(F)(F)F)CC1. The van der Waals surface area contributed by atoms with Crippen LogP contribution in [0, 0.1) is 0 Å². The molecule has 238 valence electrons. The Morgan fingerprint density at radius 3 is 2.09 bits per heavy atom. The first-order valence-electron chi connectivity index (χ1n) is 13.0. The molecule has 0 aliphatic carbocycles. The van der Waals surface area contributed by atoms with Crippen molar-refractivity contribution >= 4 is 49.3 Å². The van der Waals surface area contributed by atoms with Gasteiger partial charge in [0.15, 0.2) is 0 Å². The molecule has 0 saturated carbocycles. The minimum Gasteiger partial charge on any atom is -0.444 e. The van der Waals surface area contributed by atoms with Crippen LogP contribution in [0.1, 0.15) is 27.2 Å². The molecule has 1 fully saturated rings. The van der Waals surface area contributed by atoms with Gasteiger partial charge >= 0.3 is 11.6 Å². The molecular formula is C26H33F3N4O7S3. The number of ether oxygens (including phenoxy) is 1. The second-order valence-electron chi connectivity index (χ2n) is 10.7. The average molecular weight is 667 g/mol. The maximum absolute atomic E-state index is 13.6. The van der Waals surface area contributed by atoms with Crippen molar-refractivity contribution in [1.82, 2.24) is 9.80 Å². The van der Waals surface area contributed by atoms with Crippen molar-refractivity contribution in [1.29, 1.82) is 0 Å². The van der Waals surface area contributed by atoms with Crippen LogP contribution in [0.5, 0.6) is 0 Å². The zero-order chi connectivity index (χ0) is 32.2. The predicted molar refractivity (Wildman–Crippen MR) is 155 cm³/mol. The van der Waals surface area contributed by atoms with Crippen molar-refractivity contribution in [2.24, 2.45) is 5.14 Å². The van der Waals surface area contributed by atoms with E-state index in [0.29, 0.717) is 6.07 Å². The number of anilines is 1. The molecule has 0 aromatic heterocycles. The van der Waals surface area contributed by atoms with Gasteiger partial charge in [0.25, 0.3) is 9.84 Å². The Balaban J connectivity index is 1.86. The number of thioether (sulfide) groups is 1. The smallest absolute Gasteiger partial charge is 0.444 e. The predicted octanol–water partition coefficient (Wildman–Crippen LogP) is 3.67. The van der Waals surface area contributed by atoms with E-state index in [2.05, 4.69) is 5.32 Å². The first-order chi connectivity index (χ1) is 19.8. The Kier molecular flexibility index (Phi) is 10.7. The van der Waals surface area contributed by atoms with E-state index in [4.69, 9.17) is 9.88 Å². The summed E-state index contributed by atoms with van der Waals surface area (Å²) in [6.07, 6.45) is -0.755. The van der Waals surface area contributed by atoms with Gasteiger partial charge in [-0.3, -0.25) is 4.79 Å². The van der Waals surface area contributed by atoms with Crippen LogP contribution in [0.4, 0.5) is 23.7 Å². The highest BCUT2D eigenvalue weighted by atomic mass is 32.2. The molecule has 1 unspecified atom stereocenters. The van der Waals surface area contributed by atoms with E-state index >= 15 is 0 Å². The molecule has 3 rings (SSSR count). The molecule has 2 amide bonds. The quantitative estimate of drug-likeness (QED) is 0.382. The van der Waals surface area contributed by atoms with Crippen molar-refractivity contribution in [3.05, 3.63) is 48.5 Å². The number of halogens is 3. The van der Waals surface area contributed by atoms with E-state index in [9.17, 15) is 39.6 Å². The zero-order valence-electron chi connectivity index (χ0n) is 23.6. The van der Waals surface area contributed by atoms with E-state index in [1.54, 1.807) is 51.1 Å². The van der Waals surface area contributed by atoms with Gasteiger partial charge in [-0.05, 0) is 51.1 Å². The van der Waals surface area contributed by atoms with Crippen LogP contribution in [-0.2, 0) is 29.4 Å². The molecule has 0 spiro atoms. The Morgan fingerprint density at radius 1 is 0.977 bits per heavy atom. The molecule has 11 nitrogen and oxygen atoms in total. The molecule has 1 aliphatic rings. The monoisotopic (exact) mass is 666 g/mol. The summed E-state index contributed by atoms with van der Waals surface area (Å²) in [4.78, 5) is 27.3. The van der Waals surface area contributed by atoms with E-state index < -0.39 is 58.6 Å². The molecule has 1 saturated heterocycles. The number of nitrogens with one attached hydrogen (secondary N) is 1. The normalized spacial score (nSPS) is 15.6. The highest BCUT2D eigenvalue weighted by Gasteiger charge is 2.48. The lowest BCUT2D eigenvalue weighted by Gasteiger charge is -2.36. The number of piperazine rings is 1. The van der Waals surface area contributed by atoms with Gasteiger partial charge in [-0.1, -0.05) is 18.2 Å². The second kappa shape index (κ2) is 13.3. The number of hydrogen-bond acceptors (Lipinski definition) is 9.